The van der Waals surface area contributed by atoms with E-state index in [2.05, 4.69) is 16.2 Å². The van der Waals surface area contributed by atoms with E-state index < -0.39 is 12.0 Å². The van der Waals surface area contributed by atoms with Gasteiger partial charge in [-0.15, -0.1) is 0 Å². The van der Waals surface area contributed by atoms with Gasteiger partial charge in [0.25, 0.3) is 5.91 Å². The smallest absolute Gasteiger partial charge is 0.262 e. The molecule has 0 aromatic heterocycles. The Morgan fingerprint density at radius 2 is 1.89 bits per heavy atom. The molecular weight excluding hydrogens is 460 g/mol. The molecule has 174 valence electrons. The van der Waals surface area contributed by atoms with Crippen molar-refractivity contribution in [3.63, 3.8) is 0 Å². The first-order valence-corrected chi connectivity index (χ1v) is 12.0. The fraction of sp³-hybridized carbons (Fsp3) is 0.192. The second kappa shape index (κ2) is 9.60. The zero-order valence-electron chi connectivity index (χ0n) is 19.2. The zero-order valence-corrected chi connectivity index (χ0v) is 20.0. The van der Waals surface area contributed by atoms with Crippen molar-refractivity contribution in [2.45, 2.75) is 19.9 Å². The Morgan fingerprint density at radius 3 is 2.57 bits per heavy atom. The number of para-hydroxylation sites is 1. The van der Waals surface area contributed by atoms with Crippen molar-refractivity contribution in [1.82, 2.24) is 4.90 Å². The number of hydrogen-bond donors (Lipinski definition) is 0. The third-order valence-electron chi connectivity index (χ3n) is 5.78. The van der Waals surface area contributed by atoms with Gasteiger partial charge in [-0.3, -0.25) is 9.69 Å². The molecule has 0 N–H and O–H groups in total. The van der Waals surface area contributed by atoms with Gasteiger partial charge in [0, 0.05) is 5.41 Å². The number of carbonyl (C=O) groups is 1. The minimum Gasteiger partial charge on any atom is -0.483 e. The number of amidine groups is 1. The Morgan fingerprint density at radius 1 is 1.17 bits per heavy atom. The average Bonchev–Trinajstić information content (AvgIpc) is 3.44. The minimum absolute atomic E-state index is 0.168. The van der Waals surface area contributed by atoms with Crippen molar-refractivity contribution in [3.8, 4) is 6.07 Å². The van der Waals surface area contributed by atoms with Gasteiger partial charge in [-0.2, -0.15) is 15.4 Å². The van der Waals surface area contributed by atoms with E-state index in [9.17, 15) is 10.1 Å². The van der Waals surface area contributed by atoms with Crippen LogP contribution in [-0.2, 0) is 9.53 Å². The van der Waals surface area contributed by atoms with Gasteiger partial charge in [0.1, 0.15) is 23.6 Å². The van der Waals surface area contributed by atoms with Crippen LogP contribution in [0.25, 0.3) is 0 Å². The van der Waals surface area contributed by atoms with E-state index in [1.54, 1.807) is 4.90 Å². The molecule has 1 amide bonds. The van der Waals surface area contributed by atoms with Gasteiger partial charge in [-0.1, -0.05) is 60.3 Å². The summed E-state index contributed by atoms with van der Waals surface area (Å²) in [4.78, 5) is 24.7. The lowest BCUT2D eigenvalue weighted by Gasteiger charge is -2.31. The summed E-state index contributed by atoms with van der Waals surface area (Å²) in [5.74, 6) is -0.394. The molecule has 0 spiro atoms. The first kappa shape index (κ1) is 22.6. The van der Waals surface area contributed by atoms with Gasteiger partial charge in [0.2, 0.25) is 0 Å². The number of hydrazone groups is 1. The molecule has 35 heavy (non-hydrogen) atoms. The second-order valence-corrected chi connectivity index (χ2v) is 8.76. The van der Waals surface area contributed by atoms with E-state index in [0.717, 1.165) is 5.56 Å². The van der Waals surface area contributed by atoms with Crippen LogP contribution in [0.15, 0.2) is 98.2 Å². The van der Waals surface area contributed by atoms with E-state index >= 15 is 0 Å². The van der Waals surface area contributed by atoms with E-state index in [1.165, 1.54) is 23.2 Å². The normalized spacial score (nSPS) is 21.6. The number of hydrogen-bond acceptors (Lipinski definition) is 8. The molecule has 0 saturated heterocycles. The number of fused-ring (bicyclic) bond motifs is 1. The monoisotopic (exact) mass is 482 g/mol. The molecule has 0 fully saturated rings. The third kappa shape index (κ3) is 4.02. The molecule has 2 aromatic carbocycles. The minimum atomic E-state index is -0.624. The van der Waals surface area contributed by atoms with Crippen LogP contribution in [0.1, 0.15) is 25.5 Å². The molecule has 3 aliphatic rings. The summed E-state index contributed by atoms with van der Waals surface area (Å²) < 4.78 is 5.37. The highest BCUT2D eigenvalue weighted by atomic mass is 32.2. The molecule has 3 heterocycles. The van der Waals surface area contributed by atoms with Gasteiger partial charge in [0.05, 0.1) is 23.7 Å². The summed E-state index contributed by atoms with van der Waals surface area (Å²) in [5, 5.41) is 18.7. The van der Waals surface area contributed by atoms with Crippen LogP contribution >= 0.6 is 11.8 Å². The fourth-order valence-electron chi connectivity index (χ4n) is 4.18. The summed E-state index contributed by atoms with van der Waals surface area (Å²) in [6.07, 6.45) is 1.34. The summed E-state index contributed by atoms with van der Waals surface area (Å²) >= 11 is 1.41. The maximum absolute atomic E-state index is 13.5. The van der Waals surface area contributed by atoms with Crippen molar-refractivity contribution in [1.29, 1.82) is 5.26 Å². The number of ether oxygens (including phenoxy) is 1. The predicted octanol–water partition coefficient (Wildman–Crippen LogP) is 4.83. The maximum Gasteiger partial charge on any atom is 0.262 e. The number of nitrogens with zero attached hydrogens (tertiary/aromatic N) is 6. The van der Waals surface area contributed by atoms with Crippen LogP contribution in [-0.4, -0.2) is 34.7 Å². The Hall–Kier alpha value is -4.16. The van der Waals surface area contributed by atoms with E-state index in [1.807, 2.05) is 79.9 Å². The highest BCUT2D eigenvalue weighted by molar-refractivity contribution is 8.16. The molecule has 9 heteroatoms. The number of carbonyl (C=O) groups excluding carboxylic acids is 1. The number of nitriles is 1. The molecule has 5 rings (SSSR count). The van der Waals surface area contributed by atoms with Crippen molar-refractivity contribution >= 4 is 40.6 Å². The summed E-state index contributed by atoms with van der Waals surface area (Å²) in [6.45, 7) is 4.14. The lowest BCUT2D eigenvalue weighted by molar-refractivity contribution is -0.119. The van der Waals surface area contributed by atoms with Gasteiger partial charge in [-0.05, 0) is 31.5 Å². The van der Waals surface area contributed by atoms with Crippen LogP contribution < -0.4 is 5.01 Å². The van der Waals surface area contributed by atoms with Gasteiger partial charge in [-0.25, -0.2) is 9.98 Å². The first-order chi connectivity index (χ1) is 17.1. The summed E-state index contributed by atoms with van der Waals surface area (Å²) in [6, 6.07) is 20.8. The largest absolute Gasteiger partial charge is 0.483 e. The van der Waals surface area contributed by atoms with Gasteiger partial charge < -0.3 is 4.74 Å². The van der Waals surface area contributed by atoms with Gasteiger partial charge >= 0.3 is 0 Å². The number of aliphatic imine (C=N–C) groups is 2. The first-order valence-electron chi connectivity index (χ1n) is 11.2. The summed E-state index contributed by atoms with van der Waals surface area (Å²) in [5.41, 5.74) is 3.29. The number of rotatable bonds is 6. The standard InChI is InChI=1S/C26H22N6O2S/c1-3-34-16-28-24-20(14-27)23(18-10-6-4-7-11-18)29-26-31(24)21(15-35-26)22-17(2)30-32(25(22)33)19-12-8-5-9-13-19/h4-13,15-16,22-23H,3H2,1-2H3/b28-16+. The molecule has 0 saturated carbocycles. The van der Waals surface area contributed by atoms with E-state index in [4.69, 9.17) is 9.73 Å². The molecule has 2 atom stereocenters. The van der Waals surface area contributed by atoms with Crippen LogP contribution in [0.5, 0.6) is 0 Å². The molecule has 2 aromatic rings. The third-order valence-corrected chi connectivity index (χ3v) is 6.64. The quantitative estimate of drug-likeness (QED) is 0.434. The number of amides is 1. The van der Waals surface area contributed by atoms with Crippen molar-refractivity contribution in [3.05, 3.63) is 88.7 Å². The molecule has 8 nitrogen and oxygen atoms in total. The highest BCUT2D eigenvalue weighted by Gasteiger charge is 2.45. The molecule has 3 aliphatic heterocycles. The lowest BCUT2D eigenvalue weighted by atomic mass is 9.96. The molecular formula is C26H22N6O2S. The van der Waals surface area contributed by atoms with Crippen molar-refractivity contribution in [2.24, 2.45) is 21.0 Å². The Kier molecular flexibility index (Phi) is 6.21. The maximum atomic E-state index is 13.5. The number of anilines is 1. The molecule has 0 radical (unpaired) electrons. The molecule has 0 bridgehead atoms. The fourth-order valence-corrected chi connectivity index (χ4v) is 5.11. The number of benzene rings is 2. The van der Waals surface area contributed by atoms with Crippen LogP contribution in [0.2, 0.25) is 0 Å². The Balaban J connectivity index is 1.56. The van der Waals surface area contributed by atoms with Crippen molar-refractivity contribution in [2.75, 3.05) is 11.6 Å². The zero-order chi connectivity index (χ0) is 24.4. The SMILES string of the molecule is CCO/C=N/C1=C(C#N)C(c2ccccc2)N=C2SC=C(C3C(=O)N(c4ccccc4)N=C3C)N21. The van der Waals surface area contributed by atoms with E-state index in [-0.39, 0.29) is 5.91 Å². The number of thioether (sulfide) groups is 1. The predicted molar refractivity (Wildman–Crippen MR) is 137 cm³/mol. The van der Waals surface area contributed by atoms with Crippen LogP contribution in [0.4, 0.5) is 5.69 Å². The Labute approximate surface area is 207 Å². The van der Waals surface area contributed by atoms with E-state index in [0.29, 0.717) is 40.3 Å². The topological polar surface area (TPSA) is 93.6 Å². The highest BCUT2D eigenvalue weighted by Crippen LogP contribution is 2.45. The molecule has 2 unspecified atom stereocenters. The van der Waals surface area contributed by atoms with Crippen molar-refractivity contribution < 1.29 is 9.53 Å². The second-order valence-electron chi connectivity index (χ2n) is 7.92. The molecule has 0 aliphatic carbocycles. The lowest BCUT2D eigenvalue weighted by Crippen LogP contribution is -2.37. The Bertz CT molecular complexity index is 1340. The van der Waals surface area contributed by atoms with Gasteiger partial charge in [0.15, 0.2) is 17.4 Å². The summed E-state index contributed by atoms with van der Waals surface area (Å²) in [7, 11) is 0. The van der Waals surface area contributed by atoms with Crippen LogP contribution in [0.3, 0.4) is 0 Å². The van der Waals surface area contributed by atoms with Crippen LogP contribution in [0, 0.1) is 17.2 Å². The average molecular weight is 483 g/mol.